The first-order chi connectivity index (χ1) is 10.2. The lowest BCUT2D eigenvalue weighted by atomic mass is 9.95. The molecule has 5 heteroatoms. The number of carbonyl (C=O) groups excluding carboxylic acids is 1. The second-order valence-electron chi connectivity index (χ2n) is 5.45. The summed E-state index contributed by atoms with van der Waals surface area (Å²) in [4.78, 5) is 14.3. The first-order valence-corrected chi connectivity index (χ1v) is 7.39. The molecule has 1 aromatic carbocycles. The Kier molecular flexibility index (Phi) is 5.18. The van der Waals surface area contributed by atoms with Crippen molar-refractivity contribution in [1.29, 1.82) is 5.26 Å². The molecule has 1 atom stereocenters. The van der Waals surface area contributed by atoms with Crippen LogP contribution < -0.4 is 16.0 Å². The predicted octanol–water partition coefficient (Wildman–Crippen LogP) is 1.16. The number of nitriles is 1. The molecule has 3 N–H and O–H groups in total. The molecule has 1 saturated heterocycles. The van der Waals surface area contributed by atoms with E-state index >= 15 is 0 Å². The molecule has 0 radical (unpaired) electrons. The maximum absolute atomic E-state index is 12.1. The standard InChI is InChI=1S/C16H22N4O/c1-12-4-2-5-13(10-18)15(12)20-9-3-6-14(11-20)16(21)19-8-7-17/h2,4-5,14H,3,6-9,11,17H2,1H3,(H,19,21). The number of rotatable bonds is 4. The van der Waals surface area contributed by atoms with Crippen LogP contribution in [0.2, 0.25) is 0 Å². The van der Waals surface area contributed by atoms with Crippen molar-refractivity contribution in [3.63, 3.8) is 0 Å². The third kappa shape index (κ3) is 3.53. The summed E-state index contributed by atoms with van der Waals surface area (Å²) in [6.07, 6.45) is 1.85. The average Bonchev–Trinajstić information content (AvgIpc) is 2.52. The molecule has 0 bridgehead atoms. The van der Waals surface area contributed by atoms with Gasteiger partial charge in [-0.2, -0.15) is 5.26 Å². The molecule has 1 amide bonds. The fourth-order valence-electron chi connectivity index (χ4n) is 2.90. The molecule has 0 spiro atoms. The van der Waals surface area contributed by atoms with Crippen molar-refractivity contribution in [3.05, 3.63) is 29.3 Å². The van der Waals surface area contributed by atoms with Crippen LogP contribution in [-0.4, -0.2) is 32.1 Å². The summed E-state index contributed by atoms with van der Waals surface area (Å²) in [6.45, 7) is 4.53. The highest BCUT2D eigenvalue weighted by molar-refractivity contribution is 5.80. The zero-order valence-corrected chi connectivity index (χ0v) is 12.4. The van der Waals surface area contributed by atoms with E-state index in [1.807, 2.05) is 25.1 Å². The van der Waals surface area contributed by atoms with Crippen molar-refractivity contribution in [1.82, 2.24) is 5.32 Å². The van der Waals surface area contributed by atoms with Gasteiger partial charge in [0.1, 0.15) is 6.07 Å². The van der Waals surface area contributed by atoms with Gasteiger partial charge in [-0.15, -0.1) is 0 Å². The van der Waals surface area contributed by atoms with Gasteiger partial charge in [0, 0.05) is 26.2 Å². The van der Waals surface area contributed by atoms with Crippen molar-refractivity contribution < 1.29 is 4.79 Å². The minimum absolute atomic E-state index is 0.0311. The molecule has 1 aromatic rings. The van der Waals surface area contributed by atoms with Crippen LogP contribution in [0.3, 0.4) is 0 Å². The maximum Gasteiger partial charge on any atom is 0.224 e. The van der Waals surface area contributed by atoms with Crippen molar-refractivity contribution >= 4 is 11.6 Å². The van der Waals surface area contributed by atoms with Gasteiger partial charge >= 0.3 is 0 Å². The summed E-state index contributed by atoms with van der Waals surface area (Å²) in [5, 5.41) is 12.2. The number of hydrogen-bond acceptors (Lipinski definition) is 4. The lowest BCUT2D eigenvalue weighted by molar-refractivity contribution is -0.125. The molecule has 0 aliphatic carbocycles. The Balaban J connectivity index is 2.15. The van der Waals surface area contributed by atoms with E-state index in [0.717, 1.165) is 30.6 Å². The quantitative estimate of drug-likeness (QED) is 0.870. The van der Waals surface area contributed by atoms with Gasteiger partial charge in [-0.25, -0.2) is 0 Å². The lowest BCUT2D eigenvalue weighted by Crippen LogP contribution is -2.44. The number of anilines is 1. The van der Waals surface area contributed by atoms with Crippen LogP contribution in [0.25, 0.3) is 0 Å². The Hall–Kier alpha value is -2.06. The maximum atomic E-state index is 12.1. The molecule has 112 valence electrons. The molecule has 1 heterocycles. The van der Waals surface area contributed by atoms with E-state index in [0.29, 0.717) is 25.2 Å². The number of aryl methyl sites for hydroxylation is 1. The lowest BCUT2D eigenvalue weighted by Gasteiger charge is -2.35. The third-order valence-electron chi connectivity index (χ3n) is 3.91. The monoisotopic (exact) mass is 286 g/mol. The Morgan fingerprint density at radius 3 is 3.10 bits per heavy atom. The van der Waals surface area contributed by atoms with Crippen molar-refractivity contribution in [2.24, 2.45) is 11.7 Å². The minimum Gasteiger partial charge on any atom is -0.369 e. The molecular weight excluding hydrogens is 264 g/mol. The molecule has 1 aliphatic heterocycles. The number of benzene rings is 1. The first-order valence-electron chi connectivity index (χ1n) is 7.39. The highest BCUT2D eigenvalue weighted by Gasteiger charge is 2.27. The number of nitrogens with one attached hydrogen (secondary N) is 1. The number of nitrogens with zero attached hydrogens (tertiary/aromatic N) is 2. The van der Waals surface area contributed by atoms with Crippen molar-refractivity contribution in [2.75, 3.05) is 31.1 Å². The molecule has 5 nitrogen and oxygen atoms in total. The summed E-state index contributed by atoms with van der Waals surface area (Å²) in [5.74, 6) is 0.0358. The number of piperidine rings is 1. The Bertz CT molecular complexity index is 550. The van der Waals surface area contributed by atoms with E-state index in [-0.39, 0.29) is 11.8 Å². The zero-order chi connectivity index (χ0) is 15.2. The number of hydrogen-bond donors (Lipinski definition) is 2. The molecular formula is C16H22N4O. The van der Waals surface area contributed by atoms with Gasteiger partial charge in [-0.3, -0.25) is 4.79 Å². The second-order valence-corrected chi connectivity index (χ2v) is 5.45. The molecule has 1 fully saturated rings. The summed E-state index contributed by atoms with van der Waals surface area (Å²) >= 11 is 0. The highest BCUT2D eigenvalue weighted by atomic mass is 16.1. The molecule has 0 saturated carbocycles. The summed E-state index contributed by atoms with van der Waals surface area (Å²) in [7, 11) is 0. The Morgan fingerprint density at radius 1 is 1.57 bits per heavy atom. The van der Waals surface area contributed by atoms with Gasteiger partial charge in [0.25, 0.3) is 0 Å². The van der Waals surface area contributed by atoms with E-state index in [1.54, 1.807) is 0 Å². The van der Waals surface area contributed by atoms with E-state index in [2.05, 4.69) is 16.3 Å². The van der Waals surface area contributed by atoms with Crippen LogP contribution >= 0.6 is 0 Å². The fourth-order valence-corrected chi connectivity index (χ4v) is 2.90. The SMILES string of the molecule is Cc1cccc(C#N)c1N1CCCC(C(=O)NCCN)C1. The normalized spacial score (nSPS) is 18.1. The summed E-state index contributed by atoms with van der Waals surface area (Å²) < 4.78 is 0. The number of carbonyl (C=O) groups is 1. The number of nitrogens with two attached hydrogens (primary N) is 1. The smallest absolute Gasteiger partial charge is 0.224 e. The van der Waals surface area contributed by atoms with Gasteiger partial charge in [0.15, 0.2) is 0 Å². The van der Waals surface area contributed by atoms with Crippen LogP contribution in [0.15, 0.2) is 18.2 Å². The van der Waals surface area contributed by atoms with Gasteiger partial charge in [-0.1, -0.05) is 12.1 Å². The molecule has 1 aliphatic rings. The average molecular weight is 286 g/mol. The Labute approximate surface area is 125 Å². The topological polar surface area (TPSA) is 82.2 Å². The van der Waals surface area contributed by atoms with Crippen LogP contribution in [0.4, 0.5) is 5.69 Å². The highest BCUT2D eigenvalue weighted by Crippen LogP contribution is 2.29. The Morgan fingerprint density at radius 2 is 2.38 bits per heavy atom. The molecule has 1 unspecified atom stereocenters. The van der Waals surface area contributed by atoms with E-state index in [1.165, 1.54) is 0 Å². The van der Waals surface area contributed by atoms with Gasteiger partial charge in [0.05, 0.1) is 17.2 Å². The first kappa shape index (κ1) is 15.3. The molecule has 21 heavy (non-hydrogen) atoms. The minimum atomic E-state index is -0.0311. The molecule has 2 rings (SSSR count). The van der Waals surface area contributed by atoms with Gasteiger partial charge in [-0.05, 0) is 31.4 Å². The second kappa shape index (κ2) is 7.09. The zero-order valence-electron chi connectivity index (χ0n) is 12.4. The van der Waals surface area contributed by atoms with Crippen LogP contribution in [0.1, 0.15) is 24.0 Å². The third-order valence-corrected chi connectivity index (χ3v) is 3.91. The fraction of sp³-hybridized carbons (Fsp3) is 0.500. The van der Waals surface area contributed by atoms with E-state index in [9.17, 15) is 10.1 Å². The number of para-hydroxylation sites is 1. The van der Waals surface area contributed by atoms with E-state index in [4.69, 9.17) is 5.73 Å². The van der Waals surface area contributed by atoms with Gasteiger partial charge < -0.3 is 16.0 Å². The largest absolute Gasteiger partial charge is 0.369 e. The summed E-state index contributed by atoms with van der Waals surface area (Å²) in [5.41, 5.74) is 8.15. The molecule has 0 aromatic heterocycles. The van der Waals surface area contributed by atoms with Crippen LogP contribution in [0.5, 0.6) is 0 Å². The summed E-state index contributed by atoms with van der Waals surface area (Å²) in [6, 6.07) is 7.99. The van der Waals surface area contributed by atoms with Crippen molar-refractivity contribution in [2.45, 2.75) is 19.8 Å². The predicted molar refractivity (Wildman–Crippen MR) is 82.9 cm³/mol. The number of amides is 1. The van der Waals surface area contributed by atoms with Crippen LogP contribution in [0, 0.1) is 24.2 Å². The van der Waals surface area contributed by atoms with Gasteiger partial charge in [0.2, 0.25) is 5.91 Å². The van der Waals surface area contributed by atoms with Crippen LogP contribution in [-0.2, 0) is 4.79 Å². The van der Waals surface area contributed by atoms with E-state index < -0.39 is 0 Å². The van der Waals surface area contributed by atoms with Crippen molar-refractivity contribution in [3.8, 4) is 6.07 Å².